The Morgan fingerprint density at radius 2 is 1.57 bits per heavy atom. The Morgan fingerprint density at radius 1 is 0.893 bits per heavy atom. The Balaban J connectivity index is 1.67. The molecule has 0 unspecified atom stereocenters. The molecule has 2 heterocycles. The fourth-order valence-corrected chi connectivity index (χ4v) is 4.05. The van der Waals surface area contributed by atoms with Crippen LogP contribution in [0.4, 0.5) is 5.82 Å². The Bertz CT molecular complexity index is 1040. The van der Waals surface area contributed by atoms with Crippen LogP contribution in [0.2, 0.25) is 0 Å². The van der Waals surface area contributed by atoms with E-state index in [1.807, 2.05) is 6.07 Å². The first-order chi connectivity index (χ1) is 13.8. The molecule has 0 saturated carbocycles. The van der Waals surface area contributed by atoms with Crippen LogP contribution in [0.5, 0.6) is 0 Å². The van der Waals surface area contributed by atoms with Crippen LogP contribution < -0.4 is 5.32 Å². The molecule has 0 saturated heterocycles. The van der Waals surface area contributed by atoms with Gasteiger partial charge < -0.3 is 14.8 Å². The summed E-state index contributed by atoms with van der Waals surface area (Å²) in [6, 6.07) is 19.0. The van der Waals surface area contributed by atoms with Crippen LogP contribution in [0.15, 0.2) is 66.3 Å². The quantitative estimate of drug-likeness (QED) is 0.447. The monoisotopic (exact) mass is 391 g/mol. The third kappa shape index (κ3) is 3.75. The Kier molecular flexibility index (Phi) is 5.62. The average molecular weight is 391 g/mol. The van der Waals surface area contributed by atoms with E-state index in [9.17, 15) is 0 Å². The number of nitrogens with one attached hydrogen (secondary N) is 1. The van der Waals surface area contributed by atoms with Crippen LogP contribution >= 0.6 is 11.3 Å². The molecule has 0 aliphatic rings. The molecule has 2 aromatic heterocycles. The highest BCUT2D eigenvalue weighted by atomic mass is 32.1. The molecule has 0 aliphatic carbocycles. The molecule has 2 aromatic carbocycles. The van der Waals surface area contributed by atoms with Crippen molar-refractivity contribution < 1.29 is 9.47 Å². The Morgan fingerprint density at radius 3 is 2.29 bits per heavy atom. The summed E-state index contributed by atoms with van der Waals surface area (Å²) in [6.07, 6.45) is 1.25. The zero-order valence-corrected chi connectivity index (χ0v) is 16.6. The van der Waals surface area contributed by atoms with Gasteiger partial charge in [-0.1, -0.05) is 54.6 Å². The van der Waals surface area contributed by atoms with Gasteiger partial charge in [0, 0.05) is 25.2 Å². The molecule has 0 atom stereocenters. The minimum Gasteiger partial charge on any atom is -0.364 e. The number of hydrogen-bond acceptors (Lipinski definition) is 6. The van der Waals surface area contributed by atoms with E-state index in [1.165, 1.54) is 11.1 Å². The Labute approximate surface area is 168 Å². The van der Waals surface area contributed by atoms with Gasteiger partial charge in [-0.3, -0.25) is 0 Å². The van der Waals surface area contributed by atoms with Crippen molar-refractivity contribution in [1.29, 1.82) is 0 Å². The summed E-state index contributed by atoms with van der Waals surface area (Å²) in [5.41, 5.74) is 4.66. The van der Waals surface area contributed by atoms with Crippen molar-refractivity contribution in [2.24, 2.45) is 0 Å². The highest BCUT2D eigenvalue weighted by Crippen LogP contribution is 2.37. The molecule has 0 fully saturated rings. The molecule has 4 rings (SSSR count). The van der Waals surface area contributed by atoms with Crippen molar-refractivity contribution in [2.45, 2.75) is 6.29 Å². The van der Waals surface area contributed by atoms with E-state index < -0.39 is 0 Å². The molecule has 6 heteroatoms. The number of ether oxygens (including phenoxy) is 2. The van der Waals surface area contributed by atoms with E-state index in [0.717, 1.165) is 27.2 Å². The standard InChI is InChI=1S/C22H21N3O2S/c1-26-19(27-2)12-23-21-20-18(13-28-22(20)25-14-24-21)17-10-8-16(9-11-17)15-6-4-3-5-7-15/h3-11,13-14,19H,12H2,1-2H3,(H,23,24,25). The highest BCUT2D eigenvalue weighted by Gasteiger charge is 2.14. The smallest absolute Gasteiger partial charge is 0.173 e. The molecule has 4 aromatic rings. The van der Waals surface area contributed by atoms with Gasteiger partial charge in [-0.15, -0.1) is 11.3 Å². The fourth-order valence-electron chi connectivity index (χ4n) is 3.14. The second kappa shape index (κ2) is 8.48. The van der Waals surface area contributed by atoms with Crippen LogP contribution in [0.3, 0.4) is 0 Å². The van der Waals surface area contributed by atoms with E-state index >= 15 is 0 Å². The van der Waals surface area contributed by atoms with Crippen molar-refractivity contribution in [1.82, 2.24) is 9.97 Å². The second-order valence-corrected chi connectivity index (χ2v) is 7.14. The Hall–Kier alpha value is -2.80. The summed E-state index contributed by atoms with van der Waals surface area (Å²) in [6.45, 7) is 0.501. The average Bonchev–Trinajstić information content (AvgIpc) is 3.20. The number of fused-ring (bicyclic) bond motifs is 1. The predicted octanol–water partition coefficient (Wildman–Crippen LogP) is 5.06. The maximum Gasteiger partial charge on any atom is 0.173 e. The van der Waals surface area contributed by atoms with Crippen molar-refractivity contribution >= 4 is 27.4 Å². The molecule has 0 bridgehead atoms. The van der Waals surface area contributed by atoms with Gasteiger partial charge in [0.2, 0.25) is 0 Å². The van der Waals surface area contributed by atoms with Gasteiger partial charge in [-0.2, -0.15) is 0 Å². The fraction of sp³-hybridized carbons (Fsp3) is 0.182. The van der Waals surface area contributed by atoms with E-state index in [2.05, 4.69) is 69.2 Å². The molecule has 28 heavy (non-hydrogen) atoms. The van der Waals surface area contributed by atoms with E-state index in [0.29, 0.717) is 6.54 Å². The number of hydrogen-bond donors (Lipinski definition) is 1. The number of rotatable bonds is 7. The topological polar surface area (TPSA) is 56.3 Å². The number of nitrogens with zero attached hydrogens (tertiary/aromatic N) is 2. The molecular formula is C22H21N3O2S. The normalized spacial score (nSPS) is 11.2. The van der Waals surface area contributed by atoms with Crippen LogP contribution in [-0.4, -0.2) is 37.0 Å². The summed E-state index contributed by atoms with van der Waals surface area (Å²) in [4.78, 5) is 9.82. The summed E-state index contributed by atoms with van der Waals surface area (Å²) in [5.74, 6) is 0.785. The molecule has 0 amide bonds. The maximum atomic E-state index is 5.26. The van der Waals surface area contributed by atoms with Crippen LogP contribution in [0.1, 0.15) is 0 Å². The van der Waals surface area contributed by atoms with Crippen molar-refractivity contribution in [2.75, 3.05) is 26.1 Å². The number of methoxy groups -OCH3 is 2. The van der Waals surface area contributed by atoms with Crippen molar-refractivity contribution in [3.05, 3.63) is 66.3 Å². The summed E-state index contributed by atoms with van der Waals surface area (Å²) >= 11 is 1.62. The van der Waals surface area contributed by atoms with Crippen molar-refractivity contribution in [3.63, 3.8) is 0 Å². The highest BCUT2D eigenvalue weighted by molar-refractivity contribution is 7.17. The first-order valence-corrected chi connectivity index (χ1v) is 9.85. The van der Waals surface area contributed by atoms with Gasteiger partial charge in [0.15, 0.2) is 6.29 Å². The van der Waals surface area contributed by atoms with Crippen LogP contribution in [0, 0.1) is 0 Å². The molecule has 0 spiro atoms. The van der Waals surface area contributed by atoms with E-state index in [4.69, 9.17) is 9.47 Å². The van der Waals surface area contributed by atoms with Crippen LogP contribution in [0.25, 0.3) is 32.5 Å². The maximum absolute atomic E-state index is 5.26. The first kappa shape index (κ1) is 18.6. The van der Waals surface area contributed by atoms with Gasteiger partial charge >= 0.3 is 0 Å². The largest absolute Gasteiger partial charge is 0.364 e. The zero-order valence-electron chi connectivity index (χ0n) is 15.8. The summed E-state index contributed by atoms with van der Waals surface area (Å²) in [7, 11) is 3.24. The lowest BCUT2D eigenvalue weighted by molar-refractivity contribution is -0.0914. The molecule has 1 N–H and O–H groups in total. The molecule has 0 radical (unpaired) electrons. The molecular weight excluding hydrogens is 370 g/mol. The van der Waals surface area contributed by atoms with Gasteiger partial charge in [0.1, 0.15) is 17.0 Å². The number of thiophene rings is 1. The predicted molar refractivity (Wildman–Crippen MR) is 115 cm³/mol. The van der Waals surface area contributed by atoms with E-state index in [-0.39, 0.29) is 6.29 Å². The summed E-state index contributed by atoms with van der Waals surface area (Å²) in [5, 5.41) is 6.48. The lowest BCUT2D eigenvalue weighted by atomic mass is 10.0. The second-order valence-electron chi connectivity index (χ2n) is 6.28. The third-order valence-electron chi connectivity index (χ3n) is 4.64. The van der Waals surface area contributed by atoms with Gasteiger partial charge in [0.05, 0.1) is 11.9 Å². The van der Waals surface area contributed by atoms with Gasteiger partial charge in [0.25, 0.3) is 0 Å². The number of benzene rings is 2. The molecule has 0 aliphatic heterocycles. The number of anilines is 1. The zero-order chi connectivity index (χ0) is 19.3. The molecule has 142 valence electrons. The first-order valence-electron chi connectivity index (χ1n) is 8.97. The van der Waals surface area contributed by atoms with E-state index in [1.54, 1.807) is 31.9 Å². The van der Waals surface area contributed by atoms with Crippen molar-refractivity contribution in [3.8, 4) is 22.3 Å². The van der Waals surface area contributed by atoms with Crippen LogP contribution in [-0.2, 0) is 9.47 Å². The third-order valence-corrected chi connectivity index (χ3v) is 5.52. The minimum absolute atomic E-state index is 0.336. The minimum atomic E-state index is -0.336. The lowest BCUT2D eigenvalue weighted by Crippen LogP contribution is -2.24. The summed E-state index contributed by atoms with van der Waals surface area (Å²) < 4.78 is 10.5. The van der Waals surface area contributed by atoms with Gasteiger partial charge in [-0.25, -0.2) is 9.97 Å². The SMILES string of the molecule is COC(CNc1ncnc2scc(-c3ccc(-c4ccccc4)cc3)c12)OC. The lowest BCUT2D eigenvalue weighted by Gasteiger charge is -2.15. The number of aromatic nitrogens is 2. The molecule has 5 nitrogen and oxygen atoms in total. The van der Waals surface area contributed by atoms with Gasteiger partial charge in [-0.05, 0) is 16.7 Å².